The zero-order chi connectivity index (χ0) is 9.97. The molecule has 1 aromatic rings. The zero-order valence-electron chi connectivity index (χ0n) is 8.74. The number of nitrogens with two attached hydrogens (primary N) is 1. The van der Waals surface area contributed by atoms with Gasteiger partial charge in [0.25, 0.3) is 0 Å². The van der Waals surface area contributed by atoms with Crippen molar-refractivity contribution < 1.29 is 0 Å². The zero-order valence-corrected chi connectivity index (χ0v) is 8.74. The van der Waals surface area contributed by atoms with Crippen LogP contribution in [0.3, 0.4) is 0 Å². The summed E-state index contributed by atoms with van der Waals surface area (Å²) in [4.78, 5) is 0. The van der Waals surface area contributed by atoms with Gasteiger partial charge < -0.3 is 5.73 Å². The molecule has 0 atom stereocenters. The second-order valence-corrected chi connectivity index (χ2v) is 3.98. The van der Waals surface area contributed by atoms with E-state index in [1.165, 1.54) is 18.5 Å². The lowest BCUT2D eigenvalue weighted by molar-refractivity contribution is 0.585. The Morgan fingerprint density at radius 3 is 2.86 bits per heavy atom. The summed E-state index contributed by atoms with van der Waals surface area (Å²) >= 11 is 0. The molecule has 1 aliphatic rings. The number of nitrogens with zero attached hydrogens (tertiary/aromatic N) is 3. The second kappa shape index (κ2) is 4.09. The number of rotatable bonds is 5. The van der Waals surface area contributed by atoms with E-state index in [9.17, 15) is 0 Å². The number of hydrogen-bond donors (Lipinski definition) is 1. The molecule has 1 aliphatic carbocycles. The van der Waals surface area contributed by atoms with Crippen LogP contribution in [0.4, 0.5) is 0 Å². The van der Waals surface area contributed by atoms with Gasteiger partial charge >= 0.3 is 0 Å². The quantitative estimate of drug-likeness (QED) is 0.752. The van der Waals surface area contributed by atoms with Crippen molar-refractivity contribution in [2.24, 2.45) is 11.7 Å². The third kappa shape index (κ3) is 1.95. The Morgan fingerprint density at radius 1 is 1.50 bits per heavy atom. The van der Waals surface area contributed by atoms with E-state index in [-0.39, 0.29) is 0 Å². The molecule has 1 saturated carbocycles. The Hall–Kier alpha value is -0.900. The fraction of sp³-hybridized carbons (Fsp3) is 0.800. The van der Waals surface area contributed by atoms with Crippen molar-refractivity contribution in [3.8, 4) is 0 Å². The van der Waals surface area contributed by atoms with Crippen LogP contribution in [-0.2, 0) is 19.4 Å². The van der Waals surface area contributed by atoms with Gasteiger partial charge in [-0.2, -0.15) is 0 Å². The summed E-state index contributed by atoms with van der Waals surface area (Å²) in [5.74, 6) is 0.885. The van der Waals surface area contributed by atoms with Gasteiger partial charge in [0.1, 0.15) is 0 Å². The smallest absolute Gasteiger partial charge is 0.0871 e. The van der Waals surface area contributed by atoms with Gasteiger partial charge in [-0.05, 0) is 38.6 Å². The number of aromatic nitrogens is 3. The van der Waals surface area contributed by atoms with Crippen molar-refractivity contribution in [2.45, 2.75) is 39.2 Å². The number of aryl methyl sites for hydroxylation is 1. The van der Waals surface area contributed by atoms with Crippen molar-refractivity contribution in [2.75, 3.05) is 6.54 Å². The first kappa shape index (κ1) is 9.65. The molecule has 1 fully saturated rings. The topological polar surface area (TPSA) is 56.7 Å². The molecule has 14 heavy (non-hydrogen) atoms. The average Bonchev–Trinajstić information content (AvgIpc) is 2.91. The van der Waals surface area contributed by atoms with E-state index >= 15 is 0 Å². The van der Waals surface area contributed by atoms with Gasteiger partial charge in [0.15, 0.2) is 0 Å². The average molecular weight is 194 g/mol. The summed E-state index contributed by atoms with van der Waals surface area (Å²) < 4.78 is 2.02. The summed E-state index contributed by atoms with van der Waals surface area (Å²) in [6.07, 6.45) is 4.76. The summed E-state index contributed by atoms with van der Waals surface area (Å²) in [6.45, 7) is 3.69. The van der Waals surface area contributed by atoms with Crippen LogP contribution >= 0.6 is 0 Å². The van der Waals surface area contributed by atoms with Gasteiger partial charge in [0, 0.05) is 13.0 Å². The molecule has 4 heteroatoms. The molecule has 0 amide bonds. The summed E-state index contributed by atoms with van der Waals surface area (Å²) in [5.41, 5.74) is 7.98. The van der Waals surface area contributed by atoms with E-state index in [0.29, 0.717) is 6.54 Å². The highest BCUT2D eigenvalue weighted by Gasteiger charge is 2.25. The molecule has 0 saturated heterocycles. The molecule has 0 spiro atoms. The molecule has 0 aliphatic heterocycles. The van der Waals surface area contributed by atoms with Crippen LogP contribution in [0.25, 0.3) is 0 Å². The third-order valence-electron chi connectivity index (χ3n) is 2.78. The summed E-state index contributed by atoms with van der Waals surface area (Å²) in [6, 6.07) is 0. The van der Waals surface area contributed by atoms with Gasteiger partial charge in [0.05, 0.1) is 11.4 Å². The molecule has 0 unspecified atom stereocenters. The maximum Gasteiger partial charge on any atom is 0.0871 e. The van der Waals surface area contributed by atoms with E-state index in [1.54, 1.807) is 0 Å². The van der Waals surface area contributed by atoms with Gasteiger partial charge in [0.2, 0.25) is 0 Å². The van der Waals surface area contributed by atoms with E-state index in [0.717, 1.165) is 31.0 Å². The fourth-order valence-corrected chi connectivity index (χ4v) is 1.77. The van der Waals surface area contributed by atoms with Crippen LogP contribution in [0, 0.1) is 5.92 Å². The molecule has 1 aromatic heterocycles. The minimum atomic E-state index is 0.667. The van der Waals surface area contributed by atoms with Crippen molar-refractivity contribution in [3.05, 3.63) is 11.4 Å². The lowest BCUT2D eigenvalue weighted by atomic mass is 10.1. The lowest BCUT2D eigenvalue weighted by Crippen LogP contribution is -2.08. The molecule has 0 aromatic carbocycles. The van der Waals surface area contributed by atoms with Crippen LogP contribution in [-0.4, -0.2) is 21.5 Å². The first-order valence-corrected chi connectivity index (χ1v) is 5.46. The van der Waals surface area contributed by atoms with Crippen LogP contribution in [0.2, 0.25) is 0 Å². The molecule has 78 valence electrons. The molecule has 1 heterocycles. The highest BCUT2D eigenvalue weighted by Crippen LogP contribution is 2.33. The lowest BCUT2D eigenvalue weighted by Gasteiger charge is -2.04. The molecule has 0 bridgehead atoms. The third-order valence-corrected chi connectivity index (χ3v) is 2.78. The predicted octanol–water partition coefficient (Wildman–Crippen LogP) is 0.752. The second-order valence-electron chi connectivity index (χ2n) is 3.98. The Morgan fingerprint density at radius 2 is 2.29 bits per heavy atom. The summed E-state index contributed by atoms with van der Waals surface area (Å²) in [7, 11) is 0. The standard InChI is InChI=1S/C10H18N4/c1-2-14-10(7-8-3-4-8)9(5-6-11)12-13-14/h8H,2-7,11H2,1H3. The van der Waals surface area contributed by atoms with Gasteiger partial charge in [-0.3, -0.25) is 0 Å². The van der Waals surface area contributed by atoms with Crippen molar-refractivity contribution >= 4 is 0 Å². The largest absolute Gasteiger partial charge is 0.330 e. The van der Waals surface area contributed by atoms with E-state index in [1.807, 2.05) is 4.68 Å². The minimum Gasteiger partial charge on any atom is -0.330 e. The van der Waals surface area contributed by atoms with Gasteiger partial charge in [-0.1, -0.05) is 5.21 Å². The Kier molecular flexibility index (Phi) is 2.82. The monoisotopic (exact) mass is 194 g/mol. The van der Waals surface area contributed by atoms with Crippen LogP contribution in [0.5, 0.6) is 0 Å². The fourth-order valence-electron chi connectivity index (χ4n) is 1.77. The van der Waals surface area contributed by atoms with E-state index in [4.69, 9.17) is 5.73 Å². The Labute approximate surface area is 84.5 Å². The molecule has 2 N–H and O–H groups in total. The maximum atomic E-state index is 5.55. The molecular weight excluding hydrogens is 176 g/mol. The van der Waals surface area contributed by atoms with Crippen LogP contribution in [0.1, 0.15) is 31.2 Å². The molecule has 0 radical (unpaired) electrons. The van der Waals surface area contributed by atoms with Crippen molar-refractivity contribution in [1.29, 1.82) is 0 Å². The molecule has 2 rings (SSSR count). The SMILES string of the molecule is CCn1nnc(CCN)c1CC1CC1. The highest BCUT2D eigenvalue weighted by molar-refractivity contribution is 5.12. The maximum absolute atomic E-state index is 5.55. The van der Waals surface area contributed by atoms with Crippen LogP contribution < -0.4 is 5.73 Å². The number of hydrogen-bond acceptors (Lipinski definition) is 3. The predicted molar refractivity (Wildman–Crippen MR) is 54.9 cm³/mol. The van der Waals surface area contributed by atoms with Crippen molar-refractivity contribution in [1.82, 2.24) is 15.0 Å². The molecular formula is C10H18N4. The van der Waals surface area contributed by atoms with E-state index in [2.05, 4.69) is 17.2 Å². The first-order chi connectivity index (χ1) is 6.85. The normalized spacial score (nSPS) is 16.1. The van der Waals surface area contributed by atoms with E-state index < -0.39 is 0 Å². The summed E-state index contributed by atoms with van der Waals surface area (Å²) in [5, 5.41) is 8.34. The Bertz CT molecular complexity index is 301. The van der Waals surface area contributed by atoms with Gasteiger partial charge in [-0.15, -0.1) is 5.10 Å². The molecule has 4 nitrogen and oxygen atoms in total. The first-order valence-electron chi connectivity index (χ1n) is 5.46. The van der Waals surface area contributed by atoms with Crippen molar-refractivity contribution in [3.63, 3.8) is 0 Å². The minimum absolute atomic E-state index is 0.667. The highest BCUT2D eigenvalue weighted by atomic mass is 15.4. The Balaban J connectivity index is 2.15. The van der Waals surface area contributed by atoms with Crippen LogP contribution in [0.15, 0.2) is 0 Å². The van der Waals surface area contributed by atoms with Gasteiger partial charge in [-0.25, -0.2) is 4.68 Å².